The summed E-state index contributed by atoms with van der Waals surface area (Å²) in [4.78, 5) is 2.35. The Morgan fingerprint density at radius 1 is 0.660 bits per heavy atom. The van der Waals surface area contributed by atoms with E-state index in [0.717, 1.165) is 62.3 Å². The maximum absolute atomic E-state index is 6.29. The van der Waals surface area contributed by atoms with Crippen molar-refractivity contribution in [1.29, 1.82) is 0 Å². The summed E-state index contributed by atoms with van der Waals surface area (Å²) in [6.07, 6.45) is 14.0. The molecular weight excluding hydrogens is 593 g/mol. The molecule has 3 nitrogen and oxygen atoms in total. The summed E-state index contributed by atoms with van der Waals surface area (Å²) in [5, 5.41) is 4.95. The third kappa shape index (κ3) is 4.83. The van der Waals surface area contributed by atoms with Crippen LogP contribution in [0.25, 0.3) is 50.1 Å². The van der Waals surface area contributed by atoms with E-state index in [9.17, 15) is 0 Å². The zero-order valence-corrected chi connectivity index (χ0v) is 27.0. The molecule has 0 N–H and O–H groups in total. The van der Waals surface area contributed by atoms with Gasteiger partial charge in [-0.05, 0) is 90.5 Å². The number of anilines is 2. The standard InChI is InChI=1S/C43H32NO2P/c1-29-17-21-31(22-18-29)44(32-23-19-30(20-24-32)34-11-7-14-39-42(34)35-10-5-6-13-37(35)45-39)33-25-27-47(28-26-33)41-16-8-15-40-43(41)36-9-3-2-4-12-38(36)46-40/h2-8,10-28,47H,9H2,1H3. The van der Waals surface area contributed by atoms with E-state index < -0.39 is 7.55 Å². The molecule has 1 atom stereocenters. The third-order valence-electron chi connectivity index (χ3n) is 9.23. The molecule has 1 aliphatic carbocycles. The van der Waals surface area contributed by atoms with Crippen LogP contribution in [0.4, 0.5) is 11.4 Å². The third-order valence-corrected chi connectivity index (χ3v) is 11.3. The number of furan rings is 2. The molecule has 226 valence electrons. The van der Waals surface area contributed by atoms with Gasteiger partial charge in [-0.2, -0.15) is 0 Å². The fourth-order valence-electron chi connectivity index (χ4n) is 6.95. The number of benzene rings is 5. The number of fused-ring (bicyclic) bond motifs is 6. The molecule has 0 saturated carbocycles. The number of aryl methyl sites for hydroxylation is 1. The summed E-state index contributed by atoms with van der Waals surface area (Å²) in [6.45, 7) is 2.13. The number of nitrogens with zero attached hydrogens (tertiary/aromatic N) is 1. The minimum atomic E-state index is -1.10. The number of hydrogen-bond acceptors (Lipinski definition) is 3. The Bertz CT molecular complexity index is 2480. The minimum absolute atomic E-state index is 0.884. The van der Waals surface area contributed by atoms with Crippen molar-refractivity contribution in [3.8, 4) is 11.1 Å². The molecule has 1 aliphatic heterocycles. The first-order valence-corrected chi connectivity index (χ1v) is 17.7. The molecule has 0 radical (unpaired) electrons. The summed E-state index contributed by atoms with van der Waals surface area (Å²) in [7, 11) is -1.10. The van der Waals surface area contributed by atoms with E-state index in [1.165, 1.54) is 27.4 Å². The van der Waals surface area contributed by atoms with Crippen molar-refractivity contribution in [2.45, 2.75) is 13.3 Å². The number of allylic oxidation sites excluding steroid dienone is 5. The highest BCUT2D eigenvalue weighted by atomic mass is 31.1. The zero-order valence-electron chi connectivity index (χ0n) is 26.0. The lowest BCUT2D eigenvalue weighted by Gasteiger charge is -2.28. The Hall–Kier alpha value is -5.50. The predicted octanol–water partition coefficient (Wildman–Crippen LogP) is 11.3. The van der Waals surface area contributed by atoms with Crippen molar-refractivity contribution in [3.63, 3.8) is 0 Å². The molecule has 2 aliphatic rings. The second-order valence-corrected chi connectivity index (χ2v) is 14.3. The van der Waals surface area contributed by atoms with Crippen LogP contribution in [0.2, 0.25) is 0 Å². The van der Waals surface area contributed by atoms with Gasteiger partial charge in [0, 0.05) is 38.8 Å². The number of hydrogen-bond donors (Lipinski definition) is 0. The molecule has 0 amide bonds. The van der Waals surface area contributed by atoms with Gasteiger partial charge < -0.3 is 13.7 Å². The largest absolute Gasteiger partial charge is 0.456 e. The Balaban J connectivity index is 1.11. The van der Waals surface area contributed by atoms with Gasteiger partial charge in [-0.25, -0.2) is 0 Å². The van der Waals surface area contributed by atoms with E-state index >= 15 is 0 Å². The molecule has 7 aromatic rings. The van der Waals surface area contributed by atoms with Gasteiger partial charge in [0.1, 0.15) is 22.5 Å². The van der Waals surface area contributed by atoms with Gasteiger partial charge in [0.2, 0.25) is 0 Å². The highest BCUT2D eigenvalue weighted by molar-refractivity contribution is 7.68. The zero-order chi connectivity index (χ0) is 31.3. The maximum Gasteiger partial charge on any atom is 0.136 e. The van der Waals surface area contributed by atoms with E-state index in [4.69, 9.17) is 8.83 Å². The monoisotopic (exact) mass is 625 g/mol. The maximum atomic E-state index is 6.29. The van der Waals surface area contributed by atoms with Crippen LogP contribution < -0.4 is 10.2 Å². The van der Waals surface area contributed by atoms with Gasteiger partial charge in [-0.1, -0.05) is 110 Å². The highest BCUT2D eigenvalue weighted by Gasteiger charge is 2.19. The summed E-state index contributed by atoms with van der Waals surface area (Å²) in [5.41, 5.74) is 11.1. The first kappa shape index (κ1) is 27.8. The Morgan fingerprint density at radius 2 is 1.40 bits per heavy atom. The molecule has 3 heterocycles. The lowest BCUT2D eigenvalue weighted by molar-refractivity contribution is 0.600. The van der Waals surface area contributed by atoms with Gasteiger partial charge in [0.15, 0.2) is 0 Å². The van der Waals surface area contributed by atoms with Crippen LogP contribution in [0.3, 0.4) is 0 Å². The summed E-state index contributed by atoms with van der Waals surface area (Å²) >= 11 is 0. The minimum Gasteiger partial charge on any atom is -0.456 e. The van der Waals surface area contributed by atoms with Crippen molar-refractivity contribution < 1.29 is 8.83 Å². The predicted molar refractivity (Wildman–Crippen MR) is 202 cm³/mol. The van der Waals surface area contributed by atoms with Gasteiger partial charge in [0.05, 0.1) is 0 Å². The van der Waals surface area contributed by atoms with Crippen molar-refractivity contribution >= 4 is 69.0 Å². The summed E-state index contributed by atoms with van der Waals surface area (Å²) in [6, 6.07) is 38.8. The average molecular weight is 626 g/mol. The van der Waals surface area contributed by atoms with Crippen molar-refractivity contribution in [1.82, 2.24) is 0 Å². The van der Waals surface area contributed by atoms with Crippen LogP contribution in [0, 0.1) is 6.92 Å². The van der Waals surface area contributed by atoms with Gasteiger partial charge in [-0.3, -0.25) is 0 Å². The fraction of sp³-hybridized carbons (Fsp3) is 0.0465. The molecule has 0 fully saturated rings. The van der Waals surface area contributed by atoms with E-state index in [1.807, 2.05) is 12.1 Å². The molecule has 5 aromatic carbocycles. The van der Waals surface area contributed by atoms with Crippen LogP contribution in [0.5, 0.6) is 0 Å². The molecule has 47 heavy (non-hydrogen) atoms. The molecule has 2 aromatic heterocycles. The summed E-state index contributed by atoms with van der Waals surface area (Å²) in [5.74, 6) is 5.80. The molecule has 0 bridgehead atoms. The van der Waals surface area contributed by atoms with Crippen LogP contribution in [0.1, 0.15) is 16.9 Å². The molecule has 9 rings (SSSR count). The SMILES string of the molecule is Cc1ccc(N(C2=CC=[PH](c3cccc4oc5c(c34)CC=CC=C5)C=C2)c2ccc(-c3cccc4oc5ccccc5c34)cc2)cc1. The van der Waals surface area contributed by atoms with E-state index in [-0.39, 0.29) is 0 Å². The molecule has 0 spiro atoms. The average Bonchev–Trinajstić information content (AvgIpc) is 3.59. The second-order valence-electron chi connectivity index (χ2n) is 12.2. The van der Waals surface area contributed by atoms with Gasteiger partial charge in [0.25, 0.3) is 0 Å². The fourth-order valence-corrected chi connectivity index (χ4v) is 8.97. The molecule has 0 saturated heterocycles. The van der Waals surface area contributed by atoms with Crippen LogP contribution >= 0.6 is 7.55 Å². The van der Waals surface area contributed by atoms with Crippen LogP contribution in [-0.4, -0.2) is 5.80 Å². The van der Waals surface area contributed by atoms with Crippen molar-refractivity contribution in [2.24, 2.45) is 0 Å². The van der Waals surface area contributed by atoms with Crippen LogP contribution in [0.15, 0.2) is 160 Å². The second kappa shape index (κ2) is 11.4. The Morgan fingerprint density at radius 3 is 2.21 bits per heavy atom. The number of rotatable bonds is 5. The Labute approximate surface area is 274 Å². The molecule has 1 unspecified atom stereocenters. The smallest absolute Gasteiger partial charge is 0.136 e. The first-order chi connectivity index (χ1) is 23.2. The normalized spacial score (nSPS) is 15.5. The topological polar surface area (TPSA) is 29.5 Å². The highest BCUT2D eigenvalue weighted by Crippen LogP contribution is 2.40. The van der Waals surface area contributed by atoms with Gasteiger partial charge >= 0.3 is 0 Å². The van der Waals surface area contributed by atoms with Crippen molar-refractivity contribution in [3.05, 3.63) is 168 Å². The van der Waals surface area contributed by atoms with Crippen molar-refractivity contribution in [2.75, 3.05) is 4.90 Å². The van der Waals surface area contributed by atoms with E-state index in [1.54, 1.807) is 0 Å². The van der Waals surface area contributed by atoms with E-state index in [0.29, 0.717) is 0 Å². The molecular formula is C43H32NO2P. The van der Waals surface area contributed by atoms with E-state index in [2.05, 4.69) is 157 Å². The summed E-state index contributed by atoms with van der Waals surface area (Å²) < 4.78 is 12.5. The van der Waals surface area contributed by atoms with Crippen LogP contribution in [-0.2, 0) is 6.42 Å². The molecule has 4 heteroatoms. The van der Waals surface area contributed by atoms with Gasteiger partial charge in [-0.15, -0.1) is 0 Å². The first-order valence-electron chi connectivity index (χ1n) is 16.1. The lowest BCUT2D eigenvalue weighted by Crippen LogP contribution is -2.16. The lowest BCUT2D eigenvalue weighted by atomic mass is 9.99. The Kier molecular flexibility index (Phi) is 6.73. The quantitative estimate of drug-likeness (QED) is 0.178. The number of para-hydroxylation sites is 1.